The van der Waals surface area contributed by atoms with Crippen LogP contribution in [0.5, 0.6) is 0 Å². The molecule has 0 bridgehead atoms. The third-order valence-electron chi connectivity index (χ3n) is 13.3. The lowest BCUT2D eigenvalue weighted by Crippen LogP contribution is -2.52. The first kappa shape index (κ1) is 52.8. The average molecular weight is 1010 g/mol. The van der Waals surface area contributed by atoms with Gasteiger partial charge in [-0.15, -0.1) is 0 Å². The second-order valence-electron chi connectivity index (χ2n) is 17.8. The minimum atomic E-state index is -4.64. The second kappa shape index (κ2) is 22.2. The lowest BCUT2D eigenvalue weighted by Gasteiger charge is -2.40. The summed E-state index contributed by atoms with van der Waals surface area (Å²) < 4.78 is 117. The summed E-state index contributed by atoms with van der Waals surface area (Å²) in [6.45, 7) is 1.37. The van der Waals surface area contributed by atoms with Gasteiger partial charge < -0.3 is 30.0 Å². The number of piperidine rings is 3. The lowest BCUT2D eigenvalue weighted by atomic mass is 9.95. The van der Waals surface area contributed by atoms with Crippen LogP contribution in [0.2, 0.25) is 0 Å². The number of anilines is 3. The normalized spacial score (nSPS) is 20.0. The van der Waals surface area contributed by atoms with Crippen molar-refractivity contribution in [1.82, 2.24) is 15.0 Å². The quantitative estimate of drug-likeness (QED) is 0.135. The van der Waals surface area contributed by atoms with Crippen LogP contribution < -0.4 is 14.7 Å². The Hall–Kier alpha value is -6.99. The van der Waals surface area contributed by atoms with E-state index in [1.165, 1.54) is 18.6 Å². The summed E-state index contributed by atoms with van der Waals surface area (Å²) in [6, 6.07) is 23.6. The van der Waals surface area contributed by atoms with Crippen LogP contribution in [0.3, 0.4) is 0 Å². The van der Waals surface area contributed by atoms with Gasteiger partial charge in [-0.25, -0.2) is 15.0 Å². The van der Waals surface area contributed by atoms with Crippen LogP contribution in [0.25, 0.3) is 32.3 Å². The van der Waals surface area contributed by atoms with Gasteiger partial charge >= 0.3 is 18.5 Å². The Kier molecular flexibility index (Phi) is 16.3. The number of hydrogen-bond acceptors (Lipinski definition) is 12. The summed E-state index contributed by atoms with van der Waals surface area (Å²) in [4.78, 5) is 16.8. The van der Waals surface area contributed by atoms with E-state index in [0.717, 1.165) is 35.4 Å². The van der Waals surface area contributed by atoms with Gasteiger partial charge in [-0.05, 0) is 147 Å². The smallest absolute Gasteiger partial charge is 0.382 e. The van der Waals surface area contributed by atoms with E-state index in [-0.39, 0.29) is 17.1 Å². The minimum absolute atomic E-state index is 0.282. The molecule has 3 N–H and O–H groups in total. The highest BCUT2D eigenvalue weighted by molar-refractivity contribution is 5.91. The molecule has 0 radical (unpaired) electrons. The first-order valence-corrected chi connectivity index (χ1v) is 23.2. The topological polar surface area (TPSA) is 180 Å². The summed E-state index contributed by atoms with van der Waals surface area (Å²) in [6.07, 6.45) is -11.4. The van der Waals surface area contributed by atoms with Gasteiger partial charge in [0.15, 0.2) is 18.3 Å². The van der Waals surface area contributed by atoms with Crippen molar-refractivity contribution in [3.8, 4) is 18.2 Å². The molecule has 12 nitrogen and oxygen atoms in total. The summed E-state index contributed by atoms with van der Waals surface area (Å²) in [5.74, 6) is 0. The second-order valence-corrected chi connectivity index (χ2v) is 17.8. The van der Waals surface area contributed by atoms with Crippen molar-refractivity contribution in [1.29, 1.82) is 15.8 Å². The molecular formula is C51H48F9N9O3. The number of benzene rings is 3. The van der Waals surface area contributed by atoms with E-state index in [1.54, 1.807) is 87.5 Å². The number of nitrogens with zero attached hydrogens (tertiary/aromatic N) is 9. The number of pyridine rings is 3. The van der Waals surface area contributed by atoms with E-state index in [1.807, 2.05) is 18.2 Å². The number of aromatic nitrogens is 3. The standard InChI is InChI=1S/3C17H16F3N3O/c3*18-17(19,20)16(24)15-3-1-2-8-23(15)12-4-5-13-11(9-12)6-7-22-14(13)10-21/h3*4-7,9,15-16,24H,1-3,8H2/t15-,16?;15-,16+;15-,16-/m111/s1. The van der Waals surface area contributed by atoms with Gasteiger partial charge in [0.25, 0.3) is 0 Å². The molecule has 3 aliphatic heterocycles. The van der Waals surface area contributed by atoms with Crippen molar-refractivity contribution in [2.45, 2.75) is 113 Å². The summed E-state index contributed by atoms with van der Waals surface area (Å²) >= 11 is 0. The first-order chi connectivity index (χ1) is 34.2. The van der Waals surface area contributed by atoms with Crippen molar-refractivity contribution in [2.24, 2.45) is 0 Å². The van der Waals surface area contributed by atoms with Crippen LogP contribution in [0, 0.1) is 34.0 Å². The third kappa shape index (κ3) is 11.8. The Bertz CT molecular complexity index is 2670. The molecule has 3 aliphatic rings. The largest absolute Gasteiger partial charge is 0.416 e. The zero-order chi connectivity index (χ0) is 52.0. The molecule has 378 valence electrons. The molecule has 0 aliphatic carbocycles. The van der Waals surface area contributed by atoms with Gasteiger partial charge in [-0.3, -0.25) is 0 Å². The number of hydrogen-bond donors (Lipinski definition) is 3. The number of fused-ring (bicyclic) bond motifs is 3. The molecule has 9 rings (SSSR count). The Labute approximate surface area is 407 Å². The molecule has 72 heavy (non-hydrogen) atoms. The van der Waals surface area contributed by atoms with Gasteiger partial charge in [-0.2, -0.15) is 55.3 Å². The number of alkyl halides is 9. The maximum Gasteiger partial charge on any atom is 0.416 e. The van der Waals surface area contributed by atoms with E-state index in [9.17, 15) is 54.8 Å². The Balaban J connectivity index is 0.000000158. The number of aliphatic hydroxyl groups is 3. The summed E-state index contributed by atoms with van der Waals surface area (Å²) in [5.41, 5.74) is 2.69. The fourth-order valence-corrected chi connectivity index (χ4v) is 9.77. The highest BCUT2D eigenvalue weighted by Crippen LogP contribution is 2.38. The predicted octanol–water partition coefficient (Wildman–Crippen LogP) is 10.2. The van der Waals surface area contributed by atoms with Crippen LogP contribution in [0.4, 0.5) is 56.6 Å². The Morgan fingerprint density at radius 3 is 0.931 bits per heavy atom. The van der Waals surface area contributed by atoms with Crippen molar-refractivity contribution in [3.05, 3.63) is 108 Å². The molecule has 0 spiro atoms. The van der Waals surface area contributed by atoms with Crippen molar-refractivity contribution in [2.75, 3.05) is 34.3 Å². The molecule has 6 atom stereocenters. The molecule has 0 saturated carbocycles. The minimum Gasteiger partial charge on any atom is -0.382 e. The average Bonchev–Trinajstić information content (AvgIpc) is 3.38. The Morgan fingerprint density at radius 1 is 0.431 bits per heavy atom. The van der Waals surface area contributed by atoms with Crippen molar-refractivity contribution >= 4 is 49.4 Å². The van der Waals surface area contributed by atoms with E-state index in [2.05, 4.69) is 15.0 Å². The van der Waals surface area contributed by atoms with Gasteiger partial charge in [0.1, 0.15) is 35.3 Å². The van der Waals surface area contributed by atoms with E-state index < -0.39 is 55.0 Å². The van der Waals surface area contributed by atoms with Crippen LogP contribution in [0.15, 0.2) is 91.4 Å². The fraction of sp³-hybridized carbons (Fsp3) is 0.412. The molecule has 3 aromatic carbocycles. The van der Waals surface area contributed by atoms with Crippen LogP contribution in [-0.4, -0.2) is 105 Å². The first-order valence-electron chi connectivity index (χ1n) is 23.2. The summed E-state index contributed by atoms with van der Waals surface area (Å²) in [7, 11) is 0. The molecule has 3 aromatic heterocycles. The molecule has 3 fully saturated rings. The Morgan fingerprint density at radius 2 is 0.694 bits per heavy atom. The molecule has 3 saturated heterocycles. The zero-order valence-electron chi connectivity index (χ0n) is 38.4. The van der Waals surface area contributed by atoms with Gasteiger partial charge in [0.2, 0.25) is 0 Å². The number of aliphatic hydroxyl groups excluding tert-OH is 3. The summed E-state index contributed by atoms with van der Waals surface area (Å²) in [5, 5.41) is 60.6. The SMILES string of the molecule is N#Cc1nccc2cc(N3CCCC[C@@H]3C(O)C(F)(F)F)ccc12.N#Cc1nccc2cc(N3CCCC[C@@H]3[C@@H](O)C(F)(F)F)ccc12.N#Cc1nccc2cc(N3CCCC[C@@H]3[C@H](O)C(F)(F)F)ccc12. The van der Waals surface area contributed by atoms with Crippen LogP contribution in [0.1, 0.15) is 74.9 Å². The van der Waals surface area contributed by atoms with Crippen molar-refractivity contribution < 1.29 is 54.8 Å². The van der Waals surface area contributed by atoms with Crippen molar-refractivity contribution in [3.63, 3.8) is 0 Å². The molecule has 0 amide bonds. The van der Waals surface area contributed by atoms with E-state index in [0.29, 0.717) is 91.4 Å². The maximum absolute atomic E-state index is 13.0. The molecule has 21 heteroatoms. The monoisotopic (exact) mass is 1010 g/mol. The molecule has 6 heterocycles. The zero-order valence-corrected chi connectivity index (χ0v) is 38.4. The molecule has 1 unspecified atom stereocenters. The van der Waals surface area contributed by atoms with Gasteiger partial charge in [0.05, 0.1) is 18.1 Å². The van der Waals surface area contributed by atoms with Gasteiger partial charge in [-0.1, -0.05) is 0 Å². The number of rotatable bonds is 6. The fourth-order valence-electron chi connectivity index (χ4n) is 9.77. The van der Waals surface area contributed by atoms with E-state index >= 15 is 0 Å². The third-order valence-corrected chi connectivity index (χ3v) is 13.3. The highest BCUT2D eigenvalue weighted by Gasteiger charge is 2.48. The van der Waals surface area contributed by atoms with Crippen LogP contribution in [-0.2, 0) is 0 Å². The molecular weight excluding hydrogens is 958 g/mol. The van der Waals surface area contributed by atoms with Gasteiger partial charge in [0, 0.05) is 71.4 Å². The van der Waals surface area contributed by atoms with E-state index in [4.69, 9.17) is 15.8 Å². The number of nitriles is 3. The predicted molar refractivity (Wildman–Crippen MR) is 251 cm³/mol. The lowest BCUT2D eigenvalue weighted by molar-refractivity contribution is -0.211. The number of halogens is 9. The maximum atomic E-state index is 13.0. The highest BCUT2D eigenvalue weighted by atomic mass is 19.4. The molecule has 6 aromatic rings. The van der Waals surface area contributed by atoms with Crippen LogP contribution >= 0.6 is 0 Å².